The first-order chi connectivity index (χ1) is 63.8. The molecule has 0 unspecified atom stereocenters. The van der Waals surface area contributed by atoms with E-state index in [4.69, 9.17) is 18.7 Å². The lowest BCUT2D eigenvalue weighted by Gasteiger charge is -2.33. The van der Waals surface area contributed by atoms with Gasteiger partial charge in [0.05, 0.1) is 11.7 Å². The third-order valence-corrected chi connectivity index (χ3v) is 41.1. The van der Waals surface area contributed by atoms with Gasteiger partial charge in [-0.25, -0.2) is 0 Å². The van der Waals surface area contributed by atoms with Crippen molar-refractivity contribution in [2.45, 2.75) is 462 Å². The average Bonchev–Trinajstić information content (AvgIpc) is 1.53. The molecule has 0 radical (unpaired) electrons. The third kappa shape index (κ3) is 13.3. The van der Waals surface area contributed by atoms with Gasteiger partial charge in [-0.2, -0.15) is 8.75 Å². The number of rotatable bonds is 26. The third-order valence-electron chi connectivity index (χ3n) is 40.6. The minimum Gasteiger partial charge on any atom is -0.306 e. The number of fused-ring (bicyclic) bond motifs is 10. The highest BCUT2D eigenvalue weighted by atomic mass is 32.1. The molecule has 19 rings (SSSR count). The second-order valence-electron chi connectivity index (χ2n) is 50.5. The van der Waals surface area contributed by atoms with E-state index >= 15 is 0 Å². The lowest BCUT2D eigenvalue weighted by atomic mass is 9.72. The fourth-order valence-electron chi connectivity index (χ4n) is 33.9. The van der Waals surface area contributed by atoms with Crippen LogP contribution < -0.4 is 9.80 Å². The van der Waals surface area contributed by atoms with E-state index in [0.717, 1.165) is 210 Å². The van der Waals surface area contributed by atoms with Crippen LogP contribution in [0, 0.1) is 0 Å². The van der Waals surface area contributed by atoms with Crippen LogP contribution in [0.2, 0.25) is 0 Å². The Kier molecular flexibility index (Phi) is 22.8. The summed E-state index contributed by atoms with van der Waals surface area (Å²) in [5.41, 5.74) is 46.2. The van der Waals surface area contributed by atoms with Gasteiger partial charge in [-0.1, -0.05) is 294 Å². The minimum atomic E-state index is -0.0434. The molecule has 8 aliphatic carbocycles. The summed E-state index contributed by atoms with van der Waals surface area (Å²) >= 11 is 1.31. The van der Waals surface area contributed by atoms with Crippen molar-refractivity contribution in [3.63, 3.8) is 0 Å². The first-order valence-electron chi connectivity index (χ1n) is 54.2. The SMILES string of the molecule is CCC1(CC)CC(C)(C)c2c1cc1c(c2-c2ccc(N(c3ccc(-c4c5c(cc6c4C(C)(C)CC6(CC)CC)C(CC)(CC)CC5(C)C)cc3)c3c4nccnc4c(N(c4ccc(-c5c6c(cc7c5C(C)(C)CC7(CC)CC)C(CC)(CC)CC6(C)C)cc4)c4ccc(-c5c6c(cc7c5C(C)(C)CC7(CC)CC)C(CC)(CC)CC6(C)C)cc4)c4nsnc34)cc2)C(C)(C)CC1(CC)CC. The molecule has 0 saturated heterocycles. The van der Waals surface area contributed by atoms with Gasteiger partial charge in [0.1, 0.15) is 33.4 Å². The van der Waals surface area contributed by atoms with Gasteiger partial charge in [0.25, 0.3) is 0 Å². The van der Waals surface area contributed by atoms with Crippen molar-refractivity contribution in [1.82, 2.24) is 18.7 Å². The summed E-state index contributed by atoms with van der Waals surface area (Å²) in [5, 5.41) is 0. The highest BCUT2D eigenvalue weighted by molar-refractivity contribution is 7.00. The van der Waals surface area contributed by atoms with Crippen molar-refractivity contribution in [3.8, 4) is 44.5 Å². The molecule has 0 saturated carbocycles. The number of anilines is 6. The zero-order valence-corrected chi connectivity index (χ0v) is 90.6. The van der Waals surface area contributed by atoms with E-state index in [0.29, 0.717) is 0 Å². The van der Waals surface area contributed by atoms with E-state index in [1.807, 2.05) is 12.4 Å². The maximum Gasteiger partial charge on any atom is 0.133 e. The van der Waals surface area contributed by atoms with Gasteiger partial charge in [0.2, 0.25) is 0 Å². The summed E-state index contributed by atoms with van der Waals surface area (Å²) < 4.78 is 11.5. The van der Waals surface area contributed by atoms with Crippen LogP contribution >= 0.6 is 11.7 Å². The predicted molar refractivity (Wildman–Crippen MR) is 581 cm³/mol. The normalized spacial score (nSPS) is 21.3. The Morgan fingerprint density at radius 3 is 0.504 bits per heavy atom. The van der Waals surface area contributed by atoms with E-state index in [9.17, 15) is 0 Å². The zero-order chi connectivity index (χ0) is 96.8. The summed E-state index contributed by atoms with van der Waals surface area (Å²) in [6, 6.07) is 51.0. The maximum absolute atomic E-state index is 5.79. The summed E-state index contributed by atoms with van der Waals surface area (Å²) in [5.74, 6) is 0. The quantitative estimate of drug-likeness (QED) is 0.0504. The largest absolute Gasteiger partial charge is 0.306 e. The van der Waals surface area contributed by atoms with Crippen LogP contribution in [0.15, 0.2) is 134 Å². The number of hydrogen-bond donors (Lipinski definition) is 0. The maximum atomic E-state index is 5.79. The molecule has 9 aromatic carbocycles. The standard InChI is InChI=1S/C128H166N6S/c1-33-121(34-2)71-113(17,18)99-87(121)67-88-100(114(19,20)72-122(88,35-3)36-4)95(99)79-49-57-83(58-50-79)133(84-59-51-80(52-60-84)96-101-89(123(37-5,38-6)73-115(101,21)22)68-90-102(96)116(23,24)74-124(90,39-7)40-8)111-107-108(130-66-65-129-107)112(110-109(111)131-135-132-110)134(85-61-53-81(54-62-85)97-103-91(125(41-9,42-10)75-117(103,25)26)69-92-104(97)118(27,28)76-126(92,43-11)44-12)86-63-55-82(56-64-86)98-105-93(127(45-13,46-14)77-119(105,29)30)70-94-106(98)120(31,32)78-128(94,47-15)48-16/h49-70H,33-48,71-78H2,1-32H3. The van der Waals surface area contributed by atoms with Gasteiger partial charge >= 0.3 is 0 Å². The van der Waals surface area contributed by atoms with E-state index in [1.165, 1.54) is 56.2 Å². The van der Waals surface area contributed by atoms with E-state index in [2.05, 4.69) is 353 Å². The molecule has 0 spiro atoms. The molecule has 0 bridgehead atoms. The van der Waals surface area contributed by atoms with E-state index < -0.39 is 0 Å². The summed E-state index contributed by atoms with van der Waals surface area (Å²) in [6.07, 6.45) is 31.2. The Morgan fingerprint density at radius 2 is 0.363 bits per heavy atom. The smallest absolute Gasteiger partial charge is 0.133 e. The van der Waals surface area contributed by atoms with Gasteiger partial charge in [-0.05, 0) is 423 Å². The number of benzene rings is 9. The predicted octanol–water partition coefficient (Wildman–Crippen LogP) is 37.2. The first-order valence-corrected chi connectivity index (χ1v) is 54.9. The molecule has 0 atom stereocenters. The Labute approximate surface area is 820 Å². The van der Waals surface area contributed by atoms with Crippen LogP contribution in [-0.4, -0.2) is 18.7 Å². The molecular weight excluding hydrogens is 1650 g/mol. The van der Waals surface area contributed by atoms with Crippen LogP contribution in [-0.2, 0) is 86.6 Å². The van der Waals surface area contributed by atoms with Gasteiger partial charge in [-0.15, -0.1) is 0 Å². The minimum absolute atomic E-state index is 0.0434. The van der Waals surface area contributed by atoms with Gasteiger partial charge in [0.15, 0.2) is 0 Å². The molecule has 11 aromatic rings. The molecule has 2 aromatic heterocycles. The van der Waals surface area contributed by atoms with Crippen molar-refractivity contribution in [3.05, 3.63) is 223 Å². The van der Waals surface area contributed by atoms with Gasteiger partial charge < -0.3 is 9.80 Å². The molecule has 8 aliphatic rings. The first kappa shape index (κ1) is 95.6. The highest BCUT2D eigenvalue weighted by Crippen LogP contribution is 2.71. The molecule has 2 heterocycles. The zero-order valence-electron chi connectivity index (χ0n) is 89.8. The second-order valence-corrected chi connectivity index (χ2v) is 51.1. The van der Waals surface area contributed by atoms with Crippen LogP contribution in [0.25, 0.3) is 66.6 Å². The topological polar surface area (TPSA) is 58.0 Å². The molecular formula is C128H166N6S. The van der Waals surface area contributed by atoms with Crippen LogP contribution in [0.4, 0.5) is 34.1 Å². The van der Waals surface area contributed by atoms with Crippen molar-refractivity contribution in [2.24, 2.45) is 0 Å². The van der Waals surface area contributed by atoms with E-state index in [1.54, 1.807) is 89.0 Å². The molecule has 0 N–H and O–H groups in total. The Balaban J connectivity index is 0.877. The Morgan fingerprint density at radius 1 is 0.215 bits per heavy atom. The molecule has 0 aliphatic heterocycles. The molecule has 7 heteroatoms. The molecule has 714 valence electrons. The fraction of sp³-hybridized carbons (Fsp3) is 0.562. The summed E-state index contributed by atoms with van der Waals surface area (Å²) in [7, 11) is 0. The number of hydrogen-bond acceptors (Lipinski definition) is 7. The Bertz CT molecular complexity index is 5560. The highest BCUT2D eigenvalue weighted by Gasteiger charge is 2.60. The van der Waals surface area contributed by atoms with Crippen molar-refractivity contribution < 1.29 is 0 Å². The molecule has 0 amide bonds. The Hall–Kier alpha value is -8.26. The van der Waals surface area contributed by atoms with Gasteiger partial charge in [0, 0.05) is 35.1 Å². The summed E-state index contributed by atoms with van der Waals surface area (Å²) in [6.45, 7) is 80.7. The van der Waals surface area contributed by atoms with Crippen molar-refractivity contribution in [2.75, 3.05) is 9.80 Å². The number of aromatic nitrogens is 4. The van der Waals surface area contributed by atoms with Gasteiger partial charge in [-0.3, -0.25) is 9.97 Å². The molecule has 6 nitrogen and oxygen atoms in total. The lowest BCUT2D eigenvalue weighted by Crippen LogP contribution is -2.26. The van der Waals surface area contributed by atoms with Crippen LogP contribution in [0.1, 0.15) is 465 Å². The van der Waals surface area contributed by atoms with Crippen LogP contribution in [0.3, 0.4) is 0 Å². The van der Waals surface area contributed by atoms with Crippen LogP contribution in [0.5, 0.6) is 0 Å². The van der Waals surface area contributed by atoms with E-state index in [-0.39, 0.29) is 86.6 Å². The number of nitrogens with zero attached hydrogens (tertiary/aromatic N) is 6. The molecule has 0 fully saturated rings. The van der Waals surface area contributed by atoms with Crippen molar-refractivity contribution in [1.29, 1.82) is 0 Å². The fourth-order valence-corrected chi connectivity index (χ4v) is 34.4. The monoisotopic (exact) mass is 1820 g/mol. The lowest BCUT2D eigenvalue weighted by molar-refractivity contribution is 0.322. The summed E-state index contributed by atoms with van der Waals surface area (Å²) in [4.78, 5) is 16.6. The average molecular weight is 1820 g/mol. The second kappa shape index (κ2) is 32.1. The molecule has 135 heavy (non-hydrogen) atoms. The van der Waals surface area contributed by atoms with Crippen molar-refractivity contribution >= 4 is 67.9 Å².